The molecule has 0 aromatic heterocycles. The molecule has 0 heterocycles. The van der Waals surface area contributed by atoms with Crippen LogP contribution < -0.4 is 0 Å². The van der Waals surface area contributed by atoms with Gasteiger partial charge in [-0.2, -0.15) is 0 Å². The first-order valence-corrected chi connectivity index (χ1v) is 19.5. The van der Waals surface area contributed by atoms with Crippen molar-refractivity contribution in [3.05, 3.63) is 48.0 Å². The Morgan fingerprint density at radius 1 is 1.06 bits per heavy atom. The average Bonchev–Trinajstić information content (AvgIpc) is 2.66. The van der Waals surface area contributed by atoms with Crippen LogP contribution in [0.15, 0.2) is 42.5 Å². The fourth-order valence-electron chi connectivity index (χ4n) is 2.70. The van der Waals surface area contributed by atoms with Gasteiger partial charge in [-0.3, -0.25) is 9.59 Å². The largest absolute Gasteiger partial charge is 0.466 e. The lowest BCUT2D eigenvalue weighted by atomic mass is 10.2. The van der Waals surface area contributed by atoms with Crippen molar-refractivity contribution in [3.63, 3.8) is 0 Å². The third-order valence-corrected chi connectivity index (χ3v) is 12.9. The van der Waals surface area contributed by atoms with E-state index in [-0.39, 0.29) is 28.6 Å². The standard InChI is InChI=1S/C26H44O4SSi2/c1-26(2,3)33(7,8)30-23(21-24(27)29-17-19-32(4,5)6)16-12-13-18-31-25(28)20-22-14-10-9-11-15-22/h9-12,14-16,23H,13,17-21H2,1-8H3/t23-/m1/s1. The second kappa shape index (κ2) is 13.7. The molecule has 0 N–H and O–H groups in total. The van der Waals surface area contributed by atoms with Crippen molar-refractivity contribution in [1.82, 2.24) is 0 Å². The zero-order chi connectivity index (χ0) is 25.1. The SMILES string of the molecule is CC(C)(C)[Si](C)(C)O[C@H](C=CCCSC(=O)Cc1ccccc1)CC(=O)OCC[Si](C)(C)C. The van der Waals surface area contributed by atoms with E-state index in [0.717, 1.165) is 23.8 Å². The third-order valence-electron chi connectivity index (χ3n) is 5.82. The van der Waals surface area contributed by atoms with E-state index in [4.69, 9.17) is 9.16 Å². The molecule has 4 nitrogen and oxygen atoms in total. The molecule has 186 valence electrons. The number of hydrogen-bond acceptors (Lipinski definition) is 5. The fraction of sp³-hybridized carbons (Fsp3) is 0.615. The van der Waals surface area contributed by atoms with E-state index < -0.39 is 16.4 Å². The number of ether oxygens (including phenoxy) is 1. The van der Waals surface area contributed by atoms with Crippen LogP contribution in [0, 0.1) is 0 Å². The van der Waals surface area contributed by atoms with Gasteiger partial charge >= 0.3 is 5.97 Å². The van der Waals surface area contributed by atoms with Crippen LogP contribution in [-0.4, -0.2) is 45.9 Å². The molecule has 1 aromatic carbocycles. The van der Waals surface area contributed by atoms with Crippen molar-refractivity contribution >= 4 is 39.2 Å². The molecule has 0 amide bonds. The summed E-state index contributed by atoms with van der Waals surface area (Å²) in [4.78, 5) is 24.7. The van der Waals surface area contributed by atoms with E-state index >= 15 is 0 Å². The average molecular weight is 509 g/mol. The Hall–Kier alpha value is -1.16. The predicted octanol–water partition coefficient (Wildman–Crippen LogP) is 7.10. The highest BCUT2D eigenvalue weighted by Crippen LogP contribution is 2.37. The van der Waals surface area contributed by atoms with Crippen molar-refractivity contribution in [2.75, 3.05) is 12.4 Å². The molecule has 0 aliphatic carbocycles. The van der Waals surface area contributed by atoms with Gasteiger partial charge in [0, 0.05) is 20.2 Å². The fourth-order valence-corrected chi connectivity index (χ4v) is 5.44. The molecule has 1 rings (SSSR count). The molecule has 0 unspecified atom stereocenters. The van der Waals surface area contributed by atoms with Crippen LogP contribution in [0.5, 0.6) is 0 Å². The van der Waals surface area contributed by atoms with Gasteiger partial charge in [-0.25, -0.2) is 0 Å². The number of esters is 1. The molecular weight excluding hydrogens is 465 g/mol. The van der Waals surface area contributed by atoms with Gasteiger partial charge in [0.25, 0.3) is 0 Å². The molecule has 0 fully saturated rings. The molecule has 7 heteroatoms. The highest BCUT2D eigenvalue weighted by atomic mass is 32.2. The summed E-state index contributed by atoms with van der Waals surface area (Å²) in [6, 6.07) is 10.8. The maximum atomic E-state index is 12.5. The number of carbonyl (C=O) groups excluding carboxylic acids is 2. The van der Waals surface area contributed by atoms with Crippen LogP contribution in [0.2, 0.25) is 43.8 Å². The quantitative estimate of drug-likeness (QED) is 0.123. The van der Waals surface area contributed by atoms with Gasteiger partial charge in [0.1, 0.15) is 0 Å². The summed E-state index contributed by atoms with van der Waals surface area (Å²) < 4.78 is 12.0. The Kier molecular flexibility index (Phi) is 12.4. The first-order valence-electron chi connectivity index (χ1n) is 11.9. The Morgan fingerprint density at radius 2 is 1.70 bits per heavy atom. The summed E-state index contributed by atoms with van der Waals surface area (Å²) in [5.74, 6) is 0.518. The van der Waals surface area contributed by atoms with Crippen LogP contribution in [0.4, 0.5) is 0 Å². The first-order chi connectivity index (χ1) is 15.2. The highest BCUT2D eigenvalue weighted by Gasteiger charge is 2.39. The lowest BCUT2D eigenvalue weighted by molar-refractivity contribution is -0.144. The summed E-state index contributed by atoms with van der Waals surface area (Å²) in [7, 11) is -3.27. The Morgan fingerprint density at radius 3 is 2.27 bits per heavy atom. The van der Waals surface area contributed by atoms with Gasteiger partial charge in [0.2, 0.25) is 0 Å². The smallest absolute Gasteiger partial charge is 0.308 e. The van der Waals surface area contributed by atoms with Crippen LogP contribution in [0.3, 0.4) is 0 Å². The topological polar surface area (TPSA) is 52.6 Å². The van der Waals surface area contributed by atoms with Crippen molar-refractivity contribution in [2.24, 2.45) is 0 Å². The zero-order valence-corrected chi connectivity index (χ0v) is 24.7. The second-order valence-corrected chi connectivity index (χ2v) is 22.8. The maximum absolute atomic E-state index is 12.5. The second-order valence-electron chi connectivity index (χ2n) is 11.3. The van der Waals surface area contributed by atoms with Crippen molar-refractivity contribution in [3.8, 4) is 0 Å². The van der Waals surface area contributed by atoms with Crippen molar-refractivity contribution in [2.45, 2.75) is 90.0 Å². The number of thioether (sulfide) groups is 1. The summed E-state index contributed by atoms with van der Waals surface area (Å²) in [6.45, 7) is 18.3. The lowest BCUT2D eigenvalue weighted by Gasteiger charge is -2.38. The summed E-state index contributed by atoms with van der Waals surface area (Å²) in [5, 5.41) is 0.232. The number of benzene rings is 1. The van der Waals surface area contributed by atoms with E-state index in [1.165, 1.54) is 11.8 Å². The molecule has 0 radical (unpaired) electrons. The molecule has 0 bridgehead atoms. The normalized spacial score (nSPS) is 13.8. The number of rotatable bonds is 13. The molecule has 1 atom stereocenters. The Bertz CT molecular complexity index is 765. The van der Waals surface area contributed by atoms with Crippen molar-refractivity contribution in [1.29, 1.82) is 0 Å². The van der Waals surface area contributed by atoms with Crippen LogP contribution in [-0.2, 0) is 25.2 Å². The van der Waals surface area contributed by atoms with E-state index in [2.05, 4.69) is 53.5 Å². The summed E-state index contributed by atoms with van der Waals surface area (Å²) >= 11 is 1.36. The van der Waals surface area contributed by atoms with Gasteiger partial charge < -0.3 is 9.16 Å². The van der Waals surface area contributed by atoms with E-state index in [9.17, 15) is 9.59 Å². The first kappa shape index (κ1) is 29.9. The molecule has 0 saturated carbocycles. The van der Waals surface area contributed by atoms with Crippen LogP contribution >= 0.6 is 11.8 Å². The highest BCUT2D eigenvalue weighted by molar-refractivity contribution is 8.13. The van der Waals surface area contributed by atoms with Crippen molar-refractivity contribution < 1.29 is 18.8 Å². The van der Waals surface area contributed by atoms with Gasteiger partial charge in [-0.05, 0) is 36.2 Å². The molecule has 0 aliphatic rings. The number of allylic oxidation sites excluding steroid dienone is 1. The van der Waals surface area contributed by atoms with E-state index in [1.54, 1.807) is 0 Å². The number of hydrogen-bond donors (Lipinski definition) is 0. The van der Waals surface area contributed by atoms with E-state index in [1.807, 2.05) is 42.5 Å². The van der Waals surface area contributed by atoms with E-state index in [0.29, 0.717) is 13.0 Å². The summed E-state index contributed by atoms with van der Waals surface area (Å²) in [6.07, 6.45) is 5.17. The molecule has 33 heavy (non-hydrogen) atoms. The zero-order valence-electron chi connectivity index (χ0n) is 21.9. The van der Waals surface area contributed by atoms with Crippen LogP contribution in [0.1, 0.15) is 39.2 Å². The van der Waals surface area contributed by atoms with Gasteiger partial charge in [-0.1, -0.05) is 94.7 Å². The molecule has 1 aromatic rings. The maximum Gasteiger partial charge on any atom is 0.308 e. The Balaban J connectivity index is 2.60. The molecule has 0 spiro atoms. The minimum atomic E-state index is -2.04. The summed E-state index contributed by atoms with van der Waals surface area (Å²) in [5.41, 5.74) is 1.04. The van der Waals surface area contributed by atoms with Gasteiger partial charge in [0.15, 0.2) is 13.4 Å². The minimum Gasteiger partial charge on any atom is -0.466 e. The minimum absolute atomic E-state index is 0.0561. The number of carbonyl (C=O) groups is 2. The molecule has 0 aliphatic heterocycles. The Labute approximate surface area is 208 Å². The molecule has 0 saturated heterocycles. The predicted molar refractivity (Wildman–Crippen MR) is 147 cm³/mol. The monoisotopic (exact) mass is 508 g/mol. The third kappa shape index (κ3) is 13.3. The molecular formula is C26H44O4SSi2. The lowest BCUT2D eigenvalue weighted by Crippen LogP contribution is -2.44. The van der Waals surface area contributed by atoms with Gasteiger partial charge in [-0.15, -0.1) is 0 Å². The van der Waals surface area contributed by atoms with Gasteiger partial charge in [0.05, 0.1) is 19.1 Å². The van der Waals surface area contributed by atoms with Crippen LogP contribution in [0.25, 0.3) is 0 Å².